The summed E-state index contributed by atoms with van der Waals surface area (Å²) in [6.45, 7) is 15.0. The first-order valence-corrected chi connectivity index (χ1v) is 17.3. The third-order valence-corrected chi connectivity index (χ3v) is 10.3. The molecular weight excluding hydrogens is 651 g/mol. The minimum Gasteiger partial charge on any atom is -0.494 e. The number of carbonyl (C=O) groups is 1. The molecule has 3 aliphatic heterocycles. The molecule has 0 aliphatic carbocycles. The van der Waals surface area contributed by atoms with Gasteiger partial charge in [-0.1, -0.05) is 35.8 Å². The highest BCUT2D eigenvalue weighted by molar-refractivity contribution is 6.42. The minimum absolute atomic E-state index is 0.0918. The Morgan fingerprint density at radius 3 is 2.46 bits per heavy atom. The summed E-state index contributed by atoms with van der Waals surface area (Å²) in [4.78, 5) is 35.1. The van der Waals surface area contributed by atoms with E-state index in [9.17, 15) is 4.79 Å². The number of rotatable bonds is 10. The molecule has 3 fully saturated rings. The number of nitrogens with zero attached hydrogens (tertiary/aromatic N) is 6. The molecular formula is C35H44Cl2N8O3. The first-order chi connectivity index (χ1) is 23.2. The number of piperazine rings is 1. The molecule has 2 aromatic carbocycles. The van der Waals surface area contributed by atoms with Crippen molar-refractivity contribution in [1.29, 1.82) is 0 Å². The summed E-state index contributed by atoms with van der Waals surface area (Å²) in [5.41, 5.74) is 3.21. The monoisotopic (exact) mass is 694 g/mol. The normalized spacial score (nSPS) is 19.5. The van der Waals surface area contributed by atoms with Crippen LogP contribution in [0.2, 0.25) is 10.0 Å². The molecule has 256 valence electrons. The van der Waals surface area contributed by atoms with Crippen LogP contribution in [0.4, 0.5) is 28.7 Å². The average Bonchev–Trinajstić information content (AvgIpc) is 3.60. The molecule has 0 bridgehead atoms. The maximum absolute atomic E-state index is 12.6. The Kier molecular flexibility index (Phi) is 10.9. The summed E-state index contributed by atoms with van der Waals surface area (Å²) >= 11 is 12.5. The fourth-order valence-corrected chi connectivity index (χ4v) is 7.17. The second kappa shape index (κ2) is 15.3. The molecule has 11 nitrogen and oxygen atoms in total. The number of nitrogens with one attached hydrogen (secondary N) is 2. The maximum atomic E-state index is 12.6. The summed E-state index contributed by atoms with van der Waals surface area (Å²) in [5, 5.41) is 9.17. The van der Waals surface area contributed by atoms with E-state index in [0.29, 0.717) is 57.5 Å². The van der Waals surface area contributed by atoms with Crippen LogP contribution in [0.1, 0.15) is 44.7 Å². The van der Waals surface area contributed by atoms with Crippen molar-refractivity contribution in [1.82, 2.24) is 19.8 Å². The van der Waals surface area contributed by atoms with Gasteiger partial charge in [-0.25, -0.2) is 15.0 Å². The van der Waals surface area contributed by atoms with E-state index in [1.807, 2.05) is 30.3 Å². The predicted molar refractivity (Wildman–Crippen MR) is 193 cm³/mol. The molecule has 6 rings (SSSR count). The molecule has 0 spiro atoms. The number of carbonyl (C=O) groups excluding carboxylic acids is 1. The van der Waals surface area contributed by atoms with Crippen molar-refractivity contribution in [2.75, 3.05) is 73.6 Å². The molecule has 0 unspecified atom stereocenters. The number of halogens is 2. The molecule has 1 aromatic heterocycles. The van der Waals surface area contributed by atoms with Crippen LogP contribution in [0.3, 0.4) is 0 Å². The number of anilines is 5. The highest BCUT2D eigenvalue weighted by Gasteiger charge is 2.31. The van der Waals surface area contributed by atoms with Crippen molar-refractivity contribution in [3.8, 4) is 5.75 Å². The standard InChI is InChI=1S/C35H44Cl2N8O3/c1-5-35(46)41-28-19-29(32(47-4)20-31(28)44-11-8-25(9-12-44)43-15-13-42(14-16-43)23(2)3)40-33-21-34(39-22-38-33)45-30(10-17-48-45)24-6-7-26(36)27(37)18-24/h5-7,18-23,25,30H,1,8-17H2,2-4H3,(H,41,46)(H,38,39,40)/t30-/m1/s1. The molecule has 0 saturated carbocycles. The third kappa shape index (κ3) is 7.66. The highest BCUT2D eigenvalue weighted by atomic mass is 35.5. The molecule has 1 amide bonds. The minimum atomic E-state index is -0.283. The van der Waals surface area contributed by atoms with E-state index in [1.54, 1.807) is 18.2 Å². The number of ether oxygens (including phenoxy) is 1. The van der Waals surface area contributed by atoms with Crippen molar-refractivity contribution in [2.45, 2.75) is 51.2 Å². The number of aromatic nitrogens is 2. The van der Waals surface area contributed by atoms with Gasteiger partial charge in [-0.05, 0) is 56.5 Å². The van der Waals surface area contributed by atoms with E-state index < -0.39 is 0 Å². The zero-order chi connectivity index (χ0) is 33.8. The van der Waals surface area contributed by atoms with Crippen molar-refractivity contribution >= 4 is 57.8 Å². The van der Waals surface area contributed by atoms with Crippen LogP contribution in [0, 0.1) is 0 Å². The summed E-state index contributed by atoms with van der Waals surface area (Å²) < 4.78 is 5.87. The number of amides is 1. The molecule has 48 heavy (non-hydrogen) atoms. The van der Waals surface area contributed by atoms with Crippen molar-refractivity contribution in [2.24, 2.45) is 0 Å². The second-order valence-corrected chi connectivity index (χ2v) is 13.5. The second-order valence-electron chi connectivity index (χ2n) is 12.7. The van der Waals surface area contributed by atoms with E-state index in [2.05, 4.69) is 55.7 Å². The van der Waals surface area contributed by atoms with Crippen LogP contribution < -0.4 is 25.3 Å². The van der Waals surface area contributed by atoms with Crippen LogP contribution >= 0.6 is 23.2 Å². The Bertz CT molecular complexity index is 1610. The number of hydrogen-bond donors (Lipinski definition) is 2. The Hall–Kier alpha value is -3.61. The topological polar surface area (TPSA) is 98.3 Å². The molecule has 3 saturated heterocycles. The third-order valence-electron chi connectivity index (χ3n) is 9.54. The molecule has 0 radical (unpaired) electrons. The van der Waals surface area contributed by atoms with Crippen molar-refractivity contribution in [3.05, 3.63) is 71.0 Å². The van der Waals surface area contributed by atoms with Gasteiger partial charge in [-0.2, -0.15) is 0 Å². The lowest BCUT2D eigenvalue weighted by Crippen LogP contribution is -2.54. The zero-order valence-corrected chi connectivity index (χ0v) is 29.3. The molecule has 3 aliphatic rings. The smallest absolute Gasteiger partial charge is 0.247 e. The van der Waals surface area contributed by atoms with E-state index >= 15 is 0 Å². The SMILES string of the molecule is C=CC(=O)Nc1cc(Nc2cc(N3OCC[C@@H]3c3ccc(Cl)c(Cl)c3)ncn2)c(OC)cc1N1CCC(N2CCN(C(C)C)CC2)CC1. The summed E-state index contributed by atoms with van der Waals surface area (Å²) in [7, 11) is 1.64. The molecule has 2 N–H and O–H groups in total. The van der Waals surface area contributed by atoms with E-state index in [0.717, 1.165) is 69.8 Å². The number of methoxy groups -OCH3 is 1. The number of benzene rings is 2. The van der Waals surface area contributed by atoms with Gasteiger partial charge < -0.3 is 20.3 Å². The first-order valence-electron chi connectivity index (χ1n) is 16.6. The lowest BCUT2D eigenvalue weighted by Gasteiger charge is -2.44. The molecule has 4 heterocycles. The maximum Gasteiger partial charge on any atom is 0.247 e. The van der Waals surface area contributed by atoms with Gasteiger partial charge in [0.1, 0.15) is 17.9 Å². The van der Waals surface area contributed by atoms with Crippen LogP contribution in [-0.4, -0.2) is 90.7 Å². The lowest BCUT2D eigenvalue weighted by molar-refractivity contribution is -0.111. The van der Waals surface area contributed by atoms with Gasteiger partial charge in [0.15, 0.2) is 5.82 Å². The first kappa shape index (κ1) is 34.3. The highest BCUT2D eigenvalue weighted by Crippen LogP contribution is 2.41. The summed E-state index contributed by atoms with van der Waals surface area (Å²) in [6.07, 6.45) is 5.65. The summed E-state index contributed by atoms with van der Waals surface area (Å²) in [6, 6.07) is 12.3. The van der Waals surface area contributed by atoms with Crippen molar-refractivity contribution < 1.29 is 14.4 Å². The van der Waals surface area contributed by atoms with Gasteiger partial charge in [-0.3, -0.25) is 19.4 Å². The van der Waals surface area contributed by atoms with Crippen LogP contribution in [-0.2, 0) is 9.63 Å². The van der Waals surface area contributed by atoms with Crippen LogP contribution in [0.5, 0.6) is 5.75 Å². The Morgan fingerprint density at radius 2 is 1.77 bits per heavy atom. The van der Waals surface area contributed by atoms with Gasteiger partial charge in [0, 0.05) is 69.9 Å². The lowest BCUT2D eigenvalue weighted by atomic mass is 10.0. The predicted octanol–water partition coefficient (Wildman–Crippen LogP) is 6.54. The fraction of sp³-hybridized carbons (Fsp3) is 0.457. The molecule has 1 atom stereocenters. The van der Waals surface area contributed by atoms with Crippen LogP contribution in [0.15, 0.2) is 55.4 Å². The van der Waals surface area contributed by atoms with Gasteiger partial charge >= 0.3 is 0 Å². The molecule has 3 aromatic rings. The zero-order valence-electron chi connectivity index (χ0n) is 27.8. The fourth-order valence-electron chi connectivity index (χ4n) is 6.86. The number of piperidine rings is 1. The average molecular weight is 696 g/mol. The van der Waals surface area contributed by atoms with Gasteiger partial charge in [0.05, 0.1) is 46.9 Å². The largest absolute Gasteiger partial charge is 0.494 e. The van der Waals surface area contributed by atoms with Gasteiger partial charge in [0.25, 0.3) is 0 Å². The van der Waals surface area contributed by atoms with Gasteiger partial charge in [0.2, 0.25) is 5.91 Å². The number of hydroxylamine groups is 1. The van der Waals surface area contributed by atoms with E-state index in [1.165, 1.54) is 12.4 Å². The van der Waals surface area contributed by atoms with E-state index in [4.69, 9.17) is 32.8 Å². The summed E-state index contributed by atoms with van der Waals surface area (Å²) in [5.74, 6) is 1.47. The number of hydrogen-bond acceptors (Lipinski definition) is 10. The van der Waals surface area contributed by atoms with Crippen molar-refractivity contribution in [3.63, 3.8) is 0 Å². The Morgan fingerprint density at radius 1 is 1.00 bits per heavy atom. The quantitative estimate of drug-likeness (QED) is 0.228. The van der Waals surface area contributed by atoms with Gasteiger partial charge in [-0.15, -0.1) is 0 Å². The molecule has 13 heteroatoms. The van der Waals surface area contributed by atoms with E-state index in [-0.39, 0.29) is 11.9 Å². The Balaban J connectivity index is 1.20. The Labute approximate surface area is 292 Å². The van der Waals surface area contributed by atoms with Crippen LogP contribution in [0.25, 0.3) is 0 Å².